The number of aromatic nitrogens is 1. The van der Waals surface area contributed by atoms with Gasteiger partial charge in [-0.2, -0.15) is 0 Å². The number of ether oxygens (including phenoxy) is 2. The third-order valence-electron chi connectivity index (χ3n) is 6.00. The number of methoxy groups -OCH3 is 2. The molecule has 32 heavy (non-hydrogen) atoms. The van der Waals surface area contributed by atoms with Crippen LogP contribution in [0.25, 0.3) is 10.9 Å². The number of piperidine rings is 1. The SMILES string of the molecule is COc1ccc(CCNC(=O)[C@@H]2CCCN(C(=O)c3cc4ccccc4[nH]3)C2)cc1OC. The van der Waals surface area contributed by atoms with E-state index in [-0.39, 0.29) is 17.7 Å². The summed E-state index contributed by atoms with van der Waals surface area (Å²) in [7, 11) is 3.21. The van der Waals surface area contributed by atoms with E-state index < -0.39 is 0 Å². The summed E-state index contributed by atoms with van der Waals surface area (Å²) in [5.74, 6) is 1.11. The van der Waals surface area contributed by atoms with E-state index in [2.05, 4.69) is 10.3 Å². The molecule has 0 saturated carbocycles. The van der Waals surface area contributed by atoms with Gasteiger partial charge < -0.3 is 24.7 Å². The third-order valence-corrected chi connectivity index (χ3v) is 6.00. The van der Waals surface area contributed by atoms with Gasteiger partial charge in [-0.25, -0.2) is 0 Å². The van der Waals surface area contributed by atoms with Gasteiger partial charge in [0.25, 0.3) is 5.91 Å². The maximum Gasteiger partial charge on any atom is 0.270 e. The normalized spacial score (nSPS) is 16.1. The molecular formula is C25H29N3O4. The molecule has 168 valence electrons. The molecule has 1 aliphatic heterocycles. The highest BCUT2D eigenvalue weighted by Gasteiger charge is 2.29. The molecule has 2 aromatic carbocycles. The smallest absolute Gasteiger partial charge is 0.270 e. The minimum absolute atomic E-state index is 0.000349. The van der Waals surface area contributed by atoms with Crippen LogP contribution in [0.5, 0.6) is 11.5 Å². The van der Waals surface area contributed by atoms with E-state index in [1.54, 1.807) is 19.1 Å². The van der Waals surface area contributed by atoms with E-state index in [0.29, 0.717) is 43.2 Å². The Hall–Kier alpha value is -3.48. The number of nitrogens with zero attached hydrogens (tertiary/aromatic N) is 1. The molecule has 3 aromatic rings. The van der Waals surface area contributed by atoms with E-state index in [4.69, 9.17) is 9.47 Å². The Morgan fingerprint density at radius 3 is 2.69 bits per heavy atom. The van der Waals surface area contributed by atoms with Gasteiger partial charge in [0.05, 0.1) is 20.1 Å². The molecular weight excluding hydrogens is 406 g/mol. The second-order valence-corrected chi connectivity index (χ2v) is 8.09. The van der Waals surface area contributed by atoms with Gasteiger partial charge in [-0.05, 0) is 49.1 Å². The first kappa shape index (κ1) is 21.7. The predicted molar refractivity (Wildman–Crippen MR) is 123 cm³/mol. The van der Waals surface area contributed by atoms with Crippen LogP contribution >= 0.6 is 0 Å². The molecule has 2 N–H and O–H groups in total. The van der Waals surface area contributed by atoms with Crippen molar-refractivity contribution in [3.05, 3.63) is 59.8 Å². The predicted octanol–water partition coefficient (Wildman–Crippen LogP) is 3.40. The van der Waals surface area contributed by atoms with Crippen molar-refractivity contribution in [2.24, 2.45) is 5.92 Å². The van der Waals surface area contributed by atoms with Crippen molar-refractivity contribution < 1.29 is 19.1 Å². The van der Waals surface area contributed by atoms with Crippen molar-refractivity contribution in [3.8, 4) is 11.5 Å². The lowest BCUT2D eigenvalue weighted by Crippen LogP contribution is -2.45. The molecule has 0 unspecified atom stereocenters. The number of amides is 2. The first-order chi connectivity index (χ1) is 15.6. The summed E-state index contributed by atoms with van der Waals surface area (Å²) in [6, 6.07) is 15.5. The van der Waals surface area contributed by atoms with Crippen LogP contribution in [-0.2, 0) is 11.2 Å². The molecule has 7 heteroatoms. The molecule has 1 aliphatic rings. The summed E-state index contributed by atoms with van der Waals surface area (Å²) in [5, 5.41) is 4.04. The minimum Gasteiger partial charge on any atom is -0.493 e. The van der Waals surface area contributed by atoms with Crippen molar-refractivity contribution in [1.82, 2.24) is 15.2 Å². The molecule has 7 nitrogen and oxygen atoms in total. The molecule has 1 aromatic heterocycles. The van der Waals surface area contributed by atoms with E-state index in [1.165, 1.54) is 0 Å². The van der Waals surface area contributed by atoms with Crippen LogP contribution in [0.3, 0.4) is 0 Å². The Morgan fingerprint density at radius 1 is 1.09 bits per heavy atom. The highest BCUT2D eigenvalue weighted by atomic mass is 16.5. The molecule has 2 heterocycles. The molecule has 0 aliphatic carbocycles. The Bertz CT molecular complexity index is 1070. The highest BCUT2D eigenvalue weighted by molar-refractivity contribution is 5.98. The van der Waals surface area contributed by atoms with Crippen LogP contribution in [-0.4, -0.2) is 55.6 Å². The van der Waals surface area contributed by atoms with Crippen molar-refractivity contribution in [1.29, 1.82) is 0 Å². The number of carbonyl (C=O) groups is 2. The van der Waals surface area contributed by atoms with Crippen LogP contribution in [0.15, 0.2) is 48.5 Å². The number of carbonyl (C=O) groups excluding carboxylic acids is 2. The standard InChI is InChI=1S/C25H29N3O4/c1-31-22-10-9-17(14-23(22)32-2)11-12-26-24(29)19-7-5-13-28(16-19)25(30)21-15-18-6-3-4-8-20(18)27-21/h3-4,6,8-10,14-15,19,27H,5,7,11-13,16H2,1-2H3,(H,26,29)/t19-/m1/s1. The fourth-order valence-electron chi connectivity index (χ4n) is 4.25. The van der Waals surface area contributed by atoms with Crippen LogP contribution in [0, 0.1) is 5.92 Å². The van der Waals surface area contributed by atoms with Gasteiger partial charge in [-0.15, -0.1) is 0 Å². The third kappa shape index (κ3) is 4.72. The Morgan fingerprint density at radius 2 is 1.91 bits per heavy atom. The Labute approximate surface area is 187 Å². The first-order valence-electron chi connectivity index (χ1n) is 10.9. The van der Waals surface area contributed by atoms with E-state index in [1.807, 2.05) is 48.5 Å². The van der Waals surface area contributed by atoms with Crippen molar-refractivity contribution in [2.45, 2.75) is 19.3 Å². The number of fused-ring (bicyclic) bond motifs is 1. The average Bonchev–Trinajstić information content (AvgIpc) is 3.27. The molecule has 1 atom stereocenters. The summed E-state index contributed by atoms with van der Waals surface area (Å²) in [6.45, 7) is 1.64. The number of likely N-dealkylation sites (tertiary alicyclic amines) is 1. The fourth-order valence-corrected chi connectivity index (χ4v) is 4.25. The van der Waals surface area contributed by atoms with Gasteiger partial charge in [-0.3, -0.25) is 9.59 Å². The zero-order valence-electron chi connectivity index (χ0n) is 18.5. The molecule has 4 rings (SSSR count). The molecule has 0 bridgehead atoms. The van der Waals surface area contributed by atoms with Gasteiger partial charge in [0.1, 0.15) is 5.69 Å². The minimum atomic E-state index is -0.192. The second kappa shape index (κ2) is 9.77. The van der Waals surface area contributed by atoms with Crippen molar-refractivity contribution in [3.63, 3.8) is 0 Å². The Balaban J connectivity index is 1.32. The summed E-state index contributed by atoms with van der Waals surface area (Å²) >= 11 is 0. The largest absolute Gasteiger partial charge is 0.493 e. The number of benzene rings is 2. The van der Waals surface area contributed by atoms with Gasteiger partial charge in [-0.1, -0.05) is 24.3 Å². The topological polar surface area (TPSA) is 83.7 Å². The van der Waals surface area contributed by atoms with Crippen LogP contribution in [0.4, 0.5) is 0 Å². The van der Waals surface area contributed by atoms with Crippen molar-refractivity contribution >= 4 is 22.7 Å². The zero-order valence-corrected chi connectivity index (χ0v) is 18.5. The number of aromatic amines is 1. The monoisotopic (exact) mass is 435 g/mol. The fraction of sp³-hybridized carbons (Fsp3) is 0.360. The quantitative estimate of drug-likeness (QED) is 0.596. The maximum atomic E-state index is 13.0. The average molecular weight is 436 g/mol. The number of nitrogens with one attached hydrogen (secondary N) is 2. The number of para-hydroxylation sites is 1. The van der Waals surface area contributed by atoms with Crippen LogP contribution < -0.4 is 14.8 Å². The molecule has 2 amide bonds. The summed E-state index contributed by atoms with van der Waals surface area (Å²) in [6.07, 6.45) is 2.30. The van der Waals surface area contributed by atoms with Crippen LogP contribution in [0.2, 0.25) is 0 Å². The summed E-state index contributed by atoms with van der Waals surface area (Å²) in [5.41, 5.74) is 2.57. The molecule has 0 spiro atoms. The second-order valence-electron chi connectivity index (χ2n) is 8.09. The zero-order chi connectivity index (χ0) is 22.5. The Kier molecular flexibility index (Phi) is 6.63. The summed E-state index contributed by atoms with van der Waals surface area (Å²) < 4.78 is 10.6. The number of H-pyrrole nitrogens is 1. The van der Waals surface area contributed by atoms with Gasteiger partial charge in [0.15, 0.2) is 11.5 Å². The number of hydrogen-bond donors (Lipinski definition) is 2. The summed E-state index contributed by atoms with van der Waals surface area (Å²) in [4.78, 5) is 30.7. The molecule has 1 fully saturated rings. The van der Waals surface area contributed by atoms with Crippen LogP contribution in [0.1, 0.15) is 28.9 Å². The number of hydrogen-bond acceptors (Lipinski definition) is 4. The van der Waals surface area contributed by atoms with Gasteiger partial charge in [0, 0.05) is 30.5 Å². The number of rotatable bonds is 7. The lowest BCUT2D eigenvalue weighted by atomic mass is 9.96. The maximum absolute atomic E-state index is 13.0. The van der Waals surface area contributed by atoms with E-state index in [9.17, 15) is 9.59 Å². The van der Waals surface area contributed by atoms with E-state index >= 15 is 0 Å². The van der Waals surface area contributed by atoms with Crippen molar-refractivity contribution in [2.75, 3.05) is 33.9 Å². The molecule has 1 saturated heterocycles. The van der Waals surface area contributed by atoms with Gasteiger partial charge in [0.2, 0.25) is 5.91 Å². The molecule has 0 radical (unpaired) electrons. The first-order valence-corrected chi connectivity index (χ1v) is 10.9. The highest BCUT2D eigenvalue weighted by Crippen LogP contribution is 2.27. The lowest BCUT2D eigenvalue weighted by Gasteiger charge is -2.31. The van der Waals surface area contributed by atoms with E-state index in [0.717, 1.165) is 29.3 Å². The lowest BCUT2D eigenvalue weighted by molar-refractivity contribution is -0.126. The van der Waals surface area contributed by atoms with Gasteiger partial charge >= 0.3 is 0 Å².